The molecule has 2 aromatic carbocycles. The Balaban J connectivity index is 1.43. The van der Waals surface area contributed by atoms with Crippen LogP contribution in [0.4, 0.5) is 5.69 Å². The lowest BCUT2D eigenvalue weighted by Crippen LogP contribution is -2.48. The van der Waals surface area contributed by atoms with Crippen molar-refractivity contribution in [3.8, 4) is 0 Å². The van der Waals surface area contributed by atoms with Gasteiger partial charge >= 0.3 is 0 Å². The van der Waals surface area contributed by atoms with E-state index in [1.165, 1.54) is 5.69 Å². The molecule has 1 aliphatic rings. The van der Waals surface area contributed by atoms with Crippen LogP contribution in [0.1, 0.15) is 10.4 Å². The van der Waals surface area contributed by atoms with Gasteiger partial charge in [-0.3, -0.25) is 9.69 Å². The lowest BCUT2D eigenvalue weighted by atomic mass is 10.2. The van der Waals surface area contributed by atoms with Crippen molar-refractivity contribution in [3.05, 3.63) is 64.1 Å². The number of para-hydroxylation sites is 1. The number of piperazine rings is 1. The Hall–Kier alpha value is -1.75. The second kappa shape index (κ2) is 8.56. The second-order valence-electron chi connectivity index (χ2n) is 6.04. The van der Waals surface area contributed by atoms with Gasteiger partial charge in [-0.1, -0.05) is 41.4 Å². The molecule has 1 fully saturated rings. The maximum atomic E-state index is 12.2. The molecule has 0 radical (unpaired) electrons. The summed E-state index contributed by atoms with van der Waals surface area (Å²) < 4.78 is 0. The molecule has 25 heavy (non-hydrogen) atoms. The lowest BCUT2D eigenvalue weighted by molar-refractivity contribution is 0.0948. The minimum Gasteiger partial charge on any atom is -0.369 e. The second-order valence-corrected chi connectivity index (χ2v) is 6.89. The molecular weight excluding hydrogens is 357 g/mol. The van der Waals surface area contributed by atoms with Gasteiger partial charge in [-0.25, -0.2) is 0 Å². The van der Waals surface area contributed by atoms with Gasteiger partial charge in [0.15, 0.2) is 0 Å². The molecule has 1 aliphatic heterocycles. The lowest BCUT2D eigenvalue weighted by Gasteiger charge is -2.36. The molecule has 0 aromatic heterocycles. The van der Waals surface area contributed by atoms with Crippen LogP contribution in [0, 0.1) is 0 Å². The van der Waals surface area contributed by atoms with Crippen LogP contribution in [-0.4, -0.2) is 50.1 Å². The Bertz CT molecular complexity index is 716. The molecule has 1 heterocycles. The summed E-state index contributed by atoms with van der Waals surface area (Å²) in [5.41, 5.74) is 1.69. The molecule has 0 aliphatic carbocycles. The molecular formula is C19H21Cl2N3O. The van der Waals surface area contributed by atoms with Crippen molar-refractivity contribution < 1.29 is 4.79 Å². The van der Waals surface area contributed by atoms with E-state index in [2.05, 4.69) is 39.4 Å². The van der Waals surface area contributed by atoms with E-state index in [1.54, 1.807) is 18.2 Å². The smallest absolute Gasteiger partial charge is 0.252 e. The van der Waals surface area contributed by atoms with Gasteiger partial charge in [-0.15, -0.1) is 0 Å². The Kier molecular flexibility index (Phi) is 6.19. The molecule has 0 saturated carbocycles. The molecule has 0 atom stereocenters. The van der Waals surface area contributed by atoms with Gasteiger partial charge in [0.1, 0.15) is 0 Å². The SMILES string of the molecule is O=C(NCCN1CCN(c2ccccc2)CC1)c1cc(Cl)ccc1Cl. The fraction of sp³-hybridized carbons (Fsp3) is 0.316. The Morgan fingerprint density at radius 3 is 2.44 bits per heavy atom. The molecule has 132 valence electrons. The molecule has 1 amide bonds. The predicted molar refractivity (Wildman–Crippen MR) is 104 cm³/mol. The number of benzene rings is 2. The first kappa shape index (κ1) is 18.1. The highest BCUT2D eigenvalue weighted by atomic mass is 35.5. The molecule has 1 N–H and O–H groups in total. The van der Waals surface area contributed by atoms with Gasteiger partial charge in [0, 0.05) is 50.0 Å². The highest BCUT2D eigenvalue weighted by Gasteiger charge is 2.17. The van der Waals surface area contributed by atoms with E-state index < -0.39 is 0 Å². The zero-order chi connectivity index (χ0) is 17.6. The van der Waals surface area contributed by atoms with Crippen molar-refractivity contribution in [1.29, 1.82) is 0 Å². The van der Waals surface area contributed by atoms with Crippen molar-refractivity contribution >= 4 is 34.8 Å². The Morgan fingerprint density at radius 1 is 1.00 bits per heavy atom. The monoisotopic (exact) mass is 377 g/mol. The number of hydrogen-bond donors (Lipinski definition) is 1. The van der Waals surface area contributed by atoms with E-state index in [0.29, 0.717) is 22.2 Å². The van der Waals surface area contributed by atoms with Crippen molar-refractivity contribution in [2.45, 2.75) is 0 Å². The third-order valence-electron chi connectivity index (χ3n) is 4.38. The van der Waals surface area contributed by atoms with Crippen molar-refractivity contribution in [1.82, 2.24) is 10.2 Å². The van der Waals surface area contributed by atoms with Crippen molar-refractivity contribution in [2.24, 2.45) is 0 Å². The van der Waals surface area contributed by atoms with Crippen LogP contribution in [0.2, 0.25) is 10.0 Å². The third-order valence-corrected chi connectivity index (χ3v) is 4.94. The van der Waals surface area contributed by atoms with E-state index >= 15 is 0 Å². The van der Waals surface area contributed by atoms with Gasteiger partial charge in [0.05, 0.1) is 10.6 Å². The Morgan fingerprint density at radius 2 is 1.72 bits per heavy atom. The number of amides is 1. The van der Waals surface area contributed by atoms with Crippen LogP contribution in [0.3, 0.4) is 0 Å². The average molecular weight is 378 g/mol. The first-order valence-electron chi connectivity index (χ1n) is 8.39. The van der Waals surface area contributed by atoms with Gasteiger partial charge in [-0.2, -0.15) is 0 Å². The maximum absolute atomic E-state index is 12.2. The number of halogens is 2. The summed E-state index contributed by atoms with van der Waals surface area (Å²) in [4.78, 5) is 17.0. The highest BCUT2D eigenvalue weighted by Crippen LogP contribution is 2.20. The number of carbonyl (C=O) groups is 1. The van der Waals surface area contributed by atoms with E-state index in [-0.39, 0.29) is 5.91 Å². The summed E-state index contributed by atoms with van der Waals surface area (Å²) in [6, 6.07) is 15.4. The molecule has 2 aromatic rings. The molecule has 0 bridgehead atoms. The Labute approximate surface area is 158 Å². The molecule has 1 saturated heterocycles. The predicted octanol–water partition coefficient (Wildman–Crippen LogP) is 3.55. The number of carbonyl (C=O) groups excluding carboxylic acids is 1. The van der Waals surface area contributed by atoms with Crippen LogP contribution >= 0.6 is 23.2 Å². The largest absolute Gasteiger partial charge is 0.369 e. The maximum Gasteiger partial charge on any atom is 0.252 e. The van der Waals surface area contributed by atoms with Crippen LogP contribution in [-0.2, 0) is 0 Å². The van der Waals surface area contributed by atoms with Gasteiger partial charge < -0.3 is 10.2 Å². The zero-order valence-corrected chi connectivity index (χ0v) is 15.4. The van der Waals surface area contributed by atoms with Gasteiger partial charge in [0.25, 0.3) is 5.91 Å². The summed E-state index contributed by atoms with van der Waals surface area (Å²) in [5, 5.41) is 3.84. The first-order valence-corrected chi connectivity index (χ1v) is 9.15. The summed E-state index contributed by atoms with van der Waals surface area (Å²) in [6.07, 6.45) is 0. The minimum atomic E-state index is -0.185. The molecule has 0 spiro atoms. The number of rotatable bonds is 5. The topological polar surface area (TPSA) is 35.6 Å². The molecule has 3 rings (SSSR count). The molecule has 6 heteroatoms. The van der Waals surface area contributed by atoms with Crippen LogP contribution in [0.15, 0.2) is 48.5 Å². The molecule has 0 unspecified atom stereocenters. The molecule has 4 nitrogen and oxygen atoms in total. The third kappa shape index (κ3) is 4.88. The normalized spacial score (nSPS) is 15.2. The van der Waals surface area contributed by atoms with Crippen LogP contribution < -0.4 is 10.2 Å². The first-order chi connectivity index (χ1) is 12.1. The average Bonchev–Trinajstić information content (AvgIpc) is 2.65. The summed E-state index contributed by atoms with van der Waals surface area (Å²) in [5.74, 6) is -0.185. The van der Waals surface area contributed by atoms with E-state index in [1.807, 2.05) is 6.07 Å². The number of nitrogens with one attached hydrogen (secondary N) is 1. The van der Waals surface area contributed by atoms with Crippen molar-refractivity contribution in [3.63, 3.8) is 0 Å². The number of hydrogen-bond acceptors (Lipinski definition) is 3. The van der Waals surface area contributed by atoms with Crippen LogP contribution in [0.25, 0.3) is 0 Å². The quantitative estimate of drug-likeness (QED) is 0.865. The minimum absolute atomic E-state index is 0.185. The van der Waals surface area contributed by atoms with Gasteiger partial charge in [-0.05, 0) is 30.3 Å². The van der Waals surface area contributed by atoms with E-state index in [4.69, 9.17) is 23.2 Å². The van der Waals surface area contributed by atoms with Crippen LogP contribution in [0.5, 0.6) is 0 Å². The standard InChI is InChI=1S/C19H21Cl2N3O/c20-15-6-7-18(21)17(14-15)19(25)22-8-9-23-10-12-24(13-11-23)16-4-2-1-3-5-16/h1-7,14H,8-13H2,(H,22,25). The highest BCUT2D eigenvalue weighted by molar-refractivity contribution is 6.35. The fourth-order valence-corrected chi connectivity index (χ4v) is 3.34. The van der Waals surface area contributed by atoms with E-state index in [0.717, 1.165) is 32.7 Å². The summed E-state index contributed by atoms with van der Waals surface area (Å²) in [7, 11) is 0. The summed E-state index contributed by atoms with van der Waals surface area (Å²) >= 11 is 12.0. The van der Waals surface area contributed by atoms with Crippen molar-refractivity contribution in [2.75, 3.05) is 44.2 Å². The number of nitrogens with zero attached hydrogens (tertiary/aromatic N) is 2. The summed E-state index contributed by atoms with van der Waals surface area (Å²) in [6.45, 7) is 5.39. The zero-order valence-electron chi connectivity index (χ0n) is 13.9. The fourth-order valence-electron chi connectivity index (χ4n) is 2.96. The number of anilines is 1. The van der Waals surface area contributed by atoms with E-state index in [9.17, 15) is 4.79 Å². The van der Waals surface area contributed by atoms with Gasteiger partial charge in [0.2, 0.25) is 0 Å².